The highest BCUT2D eigenvalue weighted by atomic mass is 19.1. The van der Waals surface area contributed by atoms with Gasteiger partial charge in [-0.15, -0.1) is 0 Å². The zero-order valence-corrected chi connectivity index (χ0v) is 11.8. The van der Waals surface area contributed by atoms with E-state index in [2.05, 4.69) is 5.32 Å². The summed E-state index contributed by atoms with van der Waals surface area (Å²) in [6, 6.07) is 3.17. The number of amides is 1. The highest BCUT2D eigenvalue weighted by molar-refractivity contribution is 5.78. The van der Waals surface area contributed by atoms with Crippen LogP contribution in [0.3, 0.4) is 0 Å². The number of likely N-dealkylation sites (tertiary alicyclic amines) is 1. The van der Waals surface area contributed by atoms with Crippen LogP contribution in [0.15, 0.2) is 18.2 Å². The highest BCUT2D eigenvalue weighted by Crippen LogP contribution is 2.19. The third kappa shape index (κ3) is 3.54. The lowest BCUT2D eigenvalue weighted by Gasteiger charge is -2.25. The Morgan fingerprint density at radius 1 is 1.35 bits per heavy atom. The molecule has 1 aromatic rings. The molecule has 5 heteroatoms. The molecule has 2 rings (SSSR count). The Kier molecular flexibility index (Phi) is 4.70. The Hall–Kier alpha value is -1.49. The third-order valence-corrected chi connectivity index (χ3v) is 3.62. The Morgan fingerprint density at radius 3 is 2.75 bits per heavy atom. The van der Waals surface area contributed by atoms with Crippen molar-refractivity contribution in [3.8, 4) is 0 Å². The molecule has 20 heavy (non-hydrogen) atoms. The van der Waals surface area contributed by atoms with Gasteiger partial charge in [0.2, 0.25) is 5.91 Å². The minimum absolute atomic E-state index is 0.0229. The largest absolute Gasteiger partial charge is 0.341 e. The fourth-order valence-electron chi connectivity index (χ4n) is 2.64. The van der Waals surface area contributed by atoms with Crippen LogP contribution in [-0.2, 0) is 4.79 Å². The van der Waals surface area contributed by atoms with E-state index in [0.717, 1.165) is 25.1 Å². The Balaban J connectivity index is 1.94. The molecule has 1 aliphatic rings. The predicted octanol–water partition coefficient (Wildman–Crippen LogP) is 2.63. The molecule has 0 aliphatic carbocycles. The van der Waals surface area contributed by atoms with Crippen LogP contribution in [0.2, 0.25) is 0 Å². The van der Waals surface area contributed by atoms with Crippen molar-refractivity contribution in [2.45, 2.75) is 38.8 Å². The van der Waals surface area contributed by atoms with Gasteiger partial charge in [-0.25, -0.2) is 8.78 Å². The summed E-state index contributed by atoms with van der Waals surface area (Å²) >= 11 is 0. The van der Waals surface area contributed by atoms with Crippen molar-refractivity contribution in [3.05, 3.63) is 35.4 Å². The summed E-state index contributed by atoms with van der Waals surface area (Å²) in [5.41, 5.74) is 0.310. The van der Waals surface area contributed by atoms with Crippen LogP contribution >= 0.6 is 0 Å². The van der Waals surface area contributed by atoms with E-state index in [1.165, 1.54) is 6.07 Å². The maximum Gasteiger partial charge on any atom is 0.222 e. The van der Waals surface area contributed by atoms with E-state index in [1.54, 1.807) is 6.92 Å². The van der Waals surface area contributed by atoms with Crippen molar-refractivity contribution in [2.24, 2.45) is 0 Å². The van der Waals surface area contributed by atoms with Crippen LogP contribution in [-0.4, -0.2) is 29.9 Å². The van der Waals surface area contributed by atoms with Crippen molar-refractivity contribution >= 4 is 5.91 Å². The zero-order chi connectivity index (χ0) is 14.7. The van der Waals surface area contributed by atoms with Gasteiger partial charge in [-0.05, 0) is 38.5 Å². The molecule has 1 aliphatic heterocycles. The minimum atomic E-state index is -0.447. The van der Waals surface area contributed by atoms with Gasteiger partial charge in [0.25, 0.3) is 0 Å². The number of carbonyl (C=O) groups is 1. The summed E-state index contributed by atoms with van der Waals surface area (Å²) in [7, 11) is 0. The Bertz CT molecular complexity index is 493. The van der Waals surface area contributed by atoms with Crippen molar-refractivity contribution in [2.75, 3.05) is 13.1 Å². The lowest BCUT2D eigenvalue weighted by molar-refractivity contribution is -0.127. The van der Waals surface area contributed by atoms with Gasteiger partial charge >= 0.3 is 0 Å². The van der Waals surface area contributed by atoms with E-state index >= 15 is 0 Å². The molecule has 1 fully saturated rings. The number of hydrogen-bond acceptors (Lipinski definition) is 2. The number of nitrogens with one attached hydrogen (secondary N) is 1. The molecule has 2 atom stereocenters. The molecule has 0 bridgehead atoms. The maximum absolute atomic E-state index is 13.7. The first-order valence-corrected chi connectivity index (χ1v) is 6.96. The molecule has 110 valence electrons. The molecule has 1 saturated heterocycles. The first kappa shape index (κ1) is 14.9. The van der Waals surface area contributed by atoms with Gasteiger partial charge in [0.1, 0.15) is 11.6 Å². The second kappa shape index (κ2) is 6.31. The van der Waals surface area contributed by atoms with Gasteiger partial charge in [0.05, 0.1) is 0 Å². The number of halogens is 2. The highest BCUT2D eigenvalue weighted by Gasteiger charge is 2.23. The minimum Gasteiger partial charge on any atom is -0.341 e. The lowest BCUT2D eigenvalue weighted by Crippen LogP contribution is -2.40. The molecule has 1 aromatic carbocycles. The number of nitrogens with zero attached hydrogens (tertiary/aromatic N) is 1. The average Bonchev–Trinajstić information content (AvgIpc) is 2.77. The molecule has 0 aromatic heterocycles. The molecule has 0 saturated carbocycles. The SMILES string of the molecule is CC(CN1CCCC1=O)NC(C)c1cc(F)ccc1F. The summed E-state index contributed by atoms with van der Waals surface area (Å²) in [6.07, 6.45) is 1.51. The average molecular weight is 282 g/mol. The van der Waals surface area contributed by atoms with Crippen molar-refractivity contribution in [1.29, 1.82) is 0 Å². The van der Waals surface area contributed by atoms with Gasteiger partial charge in [-0.3, -0.25) is 4.79 Å². The van der Waals surface area contributed by atoms with Crippen molar-refractivity contribution < 1.29 is 13.6 Å². The second-order valence-corrected chi connectivity index (χ2v) is 5.40. The van der Waals surface area contributed by atoms with Crippen LogP contribution in [0.1, 0.15) is 38.3 Å². The van der Waals surface area contributed by atoms with Crippen LogP contribution in [0.4, 0.5) is 8.78 Å². The van der Waals surface area contributed by atoms with Crippen LogP contribution in [0.5, 0.6) is 0 Å². The van der Waals surface area contributed by atoms with Gasteiger partial charge in [0.15, 0.2) is 0 Å². The van der Waals surface area contributed by atoms with Crippen molar-refractivity contribution in [3.63, 3.8) is 0 Å². The molecule has 0 spiro atoms. The summed E-state index contributed by atoms with van der Waals surface area (Å²) in [5.74, 6) is -0.698. The summed E-state index contributed by atoms with van der Waals surface area (Å²) in [4.78, 5) is 13.4. The molecular formula is C15H20F2N2O. The normalized spacial score (nSPS) is 18.4. The van der Waals surface area contributed by atoms with Crippen LogP contribution in [0, 0.1) is 11.6 Å². The summed E-state index contributed by atoms with van der Waals surface area (Å²) < 4.78 is 26.8. The zero-order valence-electron chi connectivity index (χ0n) is 11.8. The first-order valence-electron chi connectivity index (χ1n) is 6.96. The summed E-state index contributed by atoms with van der Waals surface area (Å²) in [6.45, 7) is 5.12. The topological polar surface area (TPSA) is 32.3 Å². The van der Waals surface area contributed by atoms with E-state index < -0.39 is 11.6 Å². The fourth-order valence-corrected chi connectivity index (χ4v) is 2.64. The summed E-state index contributed by atoms with van der Waals surface area (Å²) in [5, 5.41) is 3.21. The number of hydrogen-bond donors (Lipinski definition) is 1. The van der Waals surface area contributed by atoms with Crippen LogP contribution < -0.4 is 5.32 Å². The third-order valence-electron chi connectivity index (χ3n) is 3.62. The molecule has 1 amide bonds. The quantitative estimate of drug-likeness (QED) is 0.900. The smallest absolute Gasteiger partial charge is 0.222 e. The molecule has 0 radical (unpaired) electrons. The van der Waals surface area contributed by atoms with E-state index in [-0.39, 0.29) is 18.0 Å². The molecule has 2 unspecified atom stereocenters. The second-order valence-electron chi connectivity index (χ2n) is 5.40. The molecule has 1 N–H and O–H groups in total. The van der Waals surface area contributed by atoms with Crippen molar-refractivity contribution in [1.82, 2.24) is 10.2 Å². The monoisotopic (exact) mass is 282 g/mol. The van der Waals surface area contributed by atoms with E-state index in [4.69, 9.17) is 0 Å². The molecular weight excluding hydrogens is 262 g/mol. The molecule has 1 heterocycles. The van der Waals surface area contributed by atoms with E-state index in [1.807, 2.05) is 11.8 Å². The Morgan fingerprint density at radius 2 is 2.10 bits per heavy atom. The van der Waals surface area contributed by atoms with Crippen LogP contribution in [0.25, 0.3) is 0 Å². The van der Waals surface area contributed by atoms with E-state index in [0.29, 0.717) is 18.5 Å². The molecule has 3 nitrogen and oxygen atoms in total. The number of rotatable bonds is 5. The van der Waals surface area contributed by atoms with E-state index in [9.17, 15) is 13.6 Å². The number of benzene rings is 1. The predicted molar refractivity (Wildman–Crippen MR) is 73.2 cm³/mol. The standard InChI is InChI=1S/C15H20F2N2O/c1-10(9-19-7-3-4-15(19)20)18-11(2)13-8-12(16)5-6-14(13)17/h5-6,8,10-11,18H,3-4,7,9H2,1-2H3. The lowest BCUT2D eigenvalue weighted by atomic mass is 10.1. The maximum atomic E-state index is 13.7. The Labute approximate surface area is 118 Å². The van der Waals surface area contributed by atoms with Gasteiger partial charge < -0.3 is 10.2 Å². The van der Waals surface area contributed by atoms with Gasteiger partial charge in [0, 0.05) is 37.2 Å². The number of carbonyl (C=O) groups excluding carboxylic acids is 1. The van der Waals surface area contributed by atoms with Gasteiger partial charge in [-0.1, -0.05) is 0 Å². The first-order chi connectivity index (χ1) is 9.47. The fraction of sp³-hybridized carbons (Fsp3) is 0.533. The van der Waals surface area contributed by atoms with Gasteiger partial charge in [-0.2, -0.15) is 0 Å².